The van der Waals surface area contributed by atoms with E-state index in [-0.39, 0.29) is 5.78 Å². The molecule has 172 valence electrons. The summed E-state index contributed by atoms with van der Waals surface area (Å²) in [6.07, 6.45) is 3.43. The molecule has 0 saturated carbocycles. The molecule has 4 heteroatoms. The van der Waals surface area contributed by atoms with Crippen LogP contribution in [0.1, 0.15) is 35.3 Å². The third-order valence-electron chi connectivity index (χ3n) is 5.35. The van der Waals surface area contributed by atoms with E-state index < -0.39 is 0 Å². The standard InChI is InChI=1S/C30H28O4/c1-3-32-29-18-12-23(19-30(29)33-4-2)21-34-27-15-9-22(10-16-27)11-17-28(31)26-14-13-24-7-5-6-8-25(24)20-26/h5-20H,3-4,21H2,1-2H3/b17-11+. The molecule has 0 atom stereocenters. The Morgan fingerprint density at radius 2 is 1.47 bits per heavy atom. The molecule has 4 nitrogen and oxygen atoms in total. The van der Waals surface area contributed by atoms with Crippen molar-refractivity contribution < 1.29 is 19.0 Å². The van der Waals surface area contributed by atoms with Crippen LogP contribution in [0.4, 0.5) is 0 Å². The first kappa shape index (κ1) is 23.1. The Morgan fingerprint density at radius 3 is 2.24 bits per heavy atom. The van der Waals surface area contributed by atoms with Crippen LogP contribution in [0.25, 0.3) is 16.8 Å². The monoisotopic (exact) mass is 452 g/mol. The predicted molar refractivity (Wildman–Crippen MR) is 137 cm³/mol. The van der Waals surface area contributed by atoms with Gasteiger partial charge in [0.05, 0.1) is 13.2 Å². The van der Waals surface area contributed by atoms with Gasteiger partial charge >= 0.3 is 0 Å². The molecule has 0 heterocycles. The molecule has 0 fully saturated rings. The van der Waals surface area contributed by atoms with E-state index in [1.165, 1.54) is 0 Å². The van der Waals surface area contributed by atoms with Crippen molar-refractivity contribution in [2.45, 2.75) is 20.5 Å². The minimum absolute atomic E-state index is 0.0216. The quantitative estimate of drug-likeness (QED) is 0.190. The van der Waals surface area contributed by atoms with Gasteiger partial charge in [-0.1, -0.05) is 60.7 Å². The van der Waals surface area contributed by atoms with Crippen molar-refractivity contribution in [3.8, 4) is 17.2 Å². The fraction of sp³-hybridized carbons (Fsp3) is 0.167. The molecule has 0 amide bonds. The number of allylic oxidation sites excluding steroid dienone is 1. The molecule has 0 bridgehead atoms. The first-order valence-electron chi connectivity index (χ1n) is 11.5. The van der Waals surface area contributed by atoms with E-state index in [1.54, 1.807) is 6.08 Å². The summed E-state index contributed by atoms with van der Waals surface area (Å²) in [6.45, 7) is 5.48. The Labute approximate surface area is 200 Å². The SMILES string of the molecule is CCOc1ccc(COc2ccc(/C=C/C(=O)c3ccc4ccccc4c3)cc2)cc1OCC. The lowest BCUT2D eigenvalue weighted by Crippen LogP contribution is -2.01. The first-order valence-corrected chi connectivity index (χ1v) is 11.5. The summed E-state index contributed by atoms with van der Waals surface area (Å²) in [6, 6.07) is 27.3. The summed E-state index contributed by atoms with van der Waals surface area (Å²) in [5.41, 5.74) is 2.61. The Kier molecular flexibility index (Phi) is 7.61. The third kappa shape index (κ3) is 5.84. The van der Waals surface area contributed by atoms with Crippen molar-refractivity contribution in [3.05, 3.63) is 108 Å². The molecule has 4 aromatic carbocycles. The molecule has 0 aromatic heterocycles. The molecule has 0 unspecified atom stereocenters. The van der Waals surface area contributed by atoms with Crippen LogP contribution in [0.2, 0.25) is 0 Å². The summed E-state index contributed by atoms with van der Waals surface area (Å²) < 4.78 is 17.2. The van der Waals surface area contributed by atoms with Crippen LogP contribution < -0.4 is 14.2 Å². The van der Waals surface area contributed by atoms with Gasteiger partial charge in [0.25, 0.3) is 0 Å². The Balaban J connectivity index is 1.36. The van der Waals surface area contributed by atoms with Crippen LogP contribution in [0, 0.1) is 0 Å². The molecule has 0 aliphatic carbocycles. The average molecular weight is 453 g/mol. The van der Waals surface area contributed by atoms with Gasteiger partial charge in [0.1, 0.15) is 12.4 Å². The fourth-order valence-corrected chi connectivity index (χ4v) is 3.64. The van der Waals surface area contributed by atoms with Crippen molar-refractivity contribution in [3.63, 3.8) is 0 Å². The third-order valence-corrected chi connectivity index (χ3v) is 5.35. The highest BCUT2D eigenvalue weighted by atomic mass is 16.5. The lowest BCUT2D eigenvalue weighted by molar-refractivity contribution is 0.104. The van der Waals surface area contributed by atoms with Crippen LogP contribution in [0.3, 0.4) is 0 Å². The van der Waals surface area contributed by atoms with E-state index in [2.05, 4.69) is 0 Å². The smallest absolute Gasteiger partial charge is 0.185 e. The van der Waals surface area contributed by atoms with E-state index in [4.69, 9.17) is 14.2 Å². The highest BCUT2D eigenvalue weighted by Crippen LogP contribution is 2.29. The van der Waals surface area contributed by atoms with Gasteiger partial charge in [-0.15, -0.1) is 0 Å². The van der Waals surface area contributed by atoms with Gasteiger partial charge in [0.15, 0.2) is 17.3 Å². The zero-order valence-corrected chi connectivity index (χ0v) is 19.5. The van der Waals surface area contributed by atoms with E-state index in [1.807, 2.05) is 105 Å². The second-order valence-electron chi connectivity index (χ2n) is 7.76. The molecule has 0 aliphatic rings. The molecule has 4 aromatic rings. The fourth-order valence-electron chi connectivity index (χ4n) is 3.64. The van der Waals surface area contributed by atoms with E-state index >= 15 is 0 Å². The Hall–Kier alpha value is -4.05. The number of hydrogen-bond donors (Lipinski definition) is 0. The number of ketones is 1. The summed E-state index contributed by atoms with van der Waals surface area (Å²) >= 11 is 0. The number of benzene rings is 4. The van der Waals surface area contributed by atoms with Gasteiger partial charge in [-0.05, 0) is 72.2 Å². The Bertz CT molecular complexity index is 1290. The van der Waals surface area contributed by atoms with Gasteiger partial charge < -0.3 is 14.2 Å². The summed E-state index contributed by atoms with van der Waals surface area (Å²) in [5, 5.41) is 2.18. The van der Waals surface area contributed by atoms with Crippen LogP contribution in [-0.4, -0.2) is 19.0 Å². The van der Waals surface area contributed by atoms with Crippen molar-refractivity contribution in [1.29, 1.82) is 0 Å². The predicted octanol–water partition coefficient (Wildman–Crippen LogP) is 7.11. The number of ether oxygens (including phenoxy) is 3. The van der Waals surface area contributed by atoms with Crippen molar-refractivity contribution in [2.24, 2.45) is 0 Å². The zero-order chi connectivity index (χ0) is 23.8. The van der Waals surface area contributed by atoms with E-state index in [9.17, 15) is 4.79 Å². The van der Waals surface area contributed by atoms with Gasteiger partial charge in [-0.3, -0.25) is 4.79 Å². The molecule has 0 N–H and O–H groups in total. The van der Waals surface area contributed by atoms with E-state index in [0.717, 1.165) is 39.1 Å². The van der Waals surface area contributed by atoms with Gasteiger partial charge in [0.2, 0.25) is 0 Å². The van der Waals surface area contributed by atoms with Crippen LogP contribution in [0.15, 0.2) is 91.0 Å². The lowest BCUT2D eigenvalue weighted by Gasteiger charge is -2.13. The molecule has 0 aliphatic heterocycles. The maximum absolute atomic E-state index is 12.6. The molecular weight excluding hydrogens is 424 g/mol. The number of carbonyl (C=O) groups is 1. The van der Waals surface area contributed by atoms with E-state index in [0.29, 0.717) is 25.4 Å². The number of fused-ring (bicyclic) bond motifs is 1. The largest absolute Gasteiger partial charge is 0.490 e. The molecule has 4 rings (SSSR count). The molecule has 0 saturated heterocycles. The molecule has 34 heavy (non-hydrogen) atoms. The topological polar surface area (TPSA) is 44.8 Å². The minimum Gasteiger partial charge on any atom is -0.490 e. The molecular formula is C30H28O4. The molecule has 0 spiro atoms. The van der Waals surface area contributed by atoms with Crippen LogP contribution >= 0.6 is 0 Å². The van der Waals surface area contributed by atoms with Crippen LogP contribution in [-0.2, 0) is 6.61 Å². The number of carbonyl (C=O) groups excluding carboxylic acids is 1. The summed E-state index contributed by atoms with van der Waals surface area (Å²) in [7, 11) is 0. The zero-order valence-electron chi connectivity index (χ0n) is 19.5. The van der Waals surface area contributed by atoms with Gasteiger partial charge in [0, 0.05) is 5.56 Å². The van der Waals surface area contributed by atoms with Crippen LogP contribution in [0.5, 0.6) is 17.2 Å². The molecule has 0 radical (unpaired) electrons. The first-order chi connectivity index (χ1) is 16.7. The van der Waals surface area contributed by atoms with Crippen molar-refractivity contribution in [2.75, 3.05) is 13.2 Å². The maximum atomic E-state index is 12.6. The van der Waals surface area contributed by atoms with Gasteiger partial charge in [-0.25, -0.2) is 0 Å². The summed E-state index contributed by atoms with van der Waals surface area (Å²) in [5.74, 6) is 2.20. The average Bonchev–Trinajstić information content (AvgIpc) is 2.88. The van der Waals surface area contributed by atoms with Gasteiger partial charge in [-0.2, -0.15) is 0 Å². The highest BCUT2D eigenvalue weighted by Gasteiger charge is 2.07. The summed E-state index contributed by atoms with van der Waals surface area (Å²) in [4.78, 5) is 12.6. The second kappa shape index (κ2) is 11.2. The van der Waals surface area contributed by atoms with Crippen molar-refractivity contribution >= 4 is 22.6 Å². The lowest BCUT2D eigenvalue weighted by atomic mass is 10.0. The minimum atomic E-state index is -0.0216. The Morgan fingerprint density at radius 1 is 0.735 bits per heavy atom. The second-order valence-corrected chi connectivity index (χ2v) is 7.76. The number of hydrogen-bond acceptors (Lipinski definition) is 4. The van der Waals surface area contributed by atoms with Crippen molar-refractivity contribution in [1.82, 2.24) is 0 Å². The highest BCUT2D eigenvalue weighted by molar-refractivity contribution is 6.08. The number of rotatable bonds is 10. The maximum Gasteiger partial charge on any atom is 0.185 e. The normalized spacial score (nSPS) is 11.0.